The zero-order valence-corrected chi connectivity index (χ0v) is 18.7. The van der Waals surface area contributed by atoms with Crippen molar-refractivity contribution in [3.05, 3.63) is 52.2 Å². The van der Waals surface area contributed by atoms with Gasteiger partial charge >= 0.3 is 0 Å². The molecule has 0 unspecified atom stereocenters. The first-order chi connectivity index (χ1) is 14.0. The van der Waals surface area contributed by atoms with Crippen molar-refractivity contribution in [2.24, 2.45) is 5.92 Å². The normalized spacial score (nSPS) is 19.6. The molecule has 0 spiro atoms. The van der Waals surface area contributed by atoms with Crippen LogP contribution >= 0.6 is 11.3 Å². The number of methoxy groups -OCH3 is 2. The smallest absolute Gasteiger partial charge is 0.248 e. The summed E-state index contributed by atoms with van der Waals surface area (Å²) in [5.74, 6) is 1.65. The summed E-state index contributed by atoms with van der Waals surface area (Å²) in [7, 11) is 3.31. The summed E-state index contributed by atoms with van der Waals surface area (Å²) in [4.78, 5) is 18.5. The predicted molar refractivity (Wildman–Crippen MR) is 118 cm³/mol. The molecule has 1 aromatic carbocycles. The number of benzene rings is 1. The standard InChI is InChI=1S/C23H32N2O3S/c1-17(2)25(23(26)16-27-3)13-18-12-24(14-19-8-7-11-29-19)15-21(18)20-9-5-6-10-22(20)28-4/h5-11,17-18,21H,12-16H2,1-4H3/t18-,21+/m1/s1. The third-order valence-corrected chi connectivity index (χ3v) is 6.52. The predicted octanol–water partition coefficient (Wildman–Crippen LogP) is 3.86. The second kappa shape index (κ2) is 10.2. The molecular formula is C23H32N2O3S. The van der Waals surface area contributed by atoms with Crippen molar-refractivity contribution in [1.29, 1.82) is 0 Å². The van der Waals surface area contributed by atoms with Gasteiger partial charge in [-0.3, -0.25) is 9.69 Å². The van der Waals surface area contributed by atoms with Crippen LogP contribution in [0.2, 0.25) is 0 Å². The number of rotatable bonds is 9. The van der Waals surface area contributed by atoms with E-state index in [9.17, 15) is 4.79 Å². The van der Waals surface area contributed by atoms with E-state index in [1.807, 2.05) is 17.0 Å². The maximum absolute atomic E-state index is 12.6. The Morgan fingerprint density at radius 2 is 2.00 bits per heavy atom. The summed E-state index contributed by atoms with van der Waals surface area (Å²) in [6.07, 6.45) is 0. The Morgan fingerprint density at radius 1 is 1.21 bits per heavy atom. The van der Waals surface area contributed by atoms with Gasteiger partial charge < -0.3 is 14.4 Å². The minimum atomic E-state index is 0.0537. The van der Waals surface area contributed by atoms with Crippen LogP contribution in [0.4, 0.5) is 0 Å². The van der Waals surface area contributed by atoms with E-state index >= 15 is 0 Å². The largest absolute Gasteiger partial charge is 0.496 e. The van der Waals surface area contributed by atoms with E-state index in [0.717, 1.165) is 31.9 Å². The van der Waals surface area contributed by atoms with Crippen LogP contribution < -0.4 is 4.74 Å². The third kappa shape index (κ3) is 5.38. The molecule has 0 bridgehead atoms. The highest BCUT2D eigenvalue weighted by atomic mass is 32.1. The summed E-state index contributed by atoms with van der Waals surface area (Å²) in [6.45, 7) is 7.88. The van der Waals surface area contributed by atoms with E-state index in [-0.39, 0.29) is 18.6 Å². The van der Waals surface area contributed by atoms with Crippen LogP contribution in [0.1, 0.15) is 30.2 Å². The number of nitrogens with zero attached hydrogens (tertiary/aromatic N) is 2. The maximum Gasteiger partial charge on any atom is 0.248 e. The van der Waals surface area contributed by atoms with Gasteiger partial charge in [0.15, 0.2) is 0 Å². The molecule has 2 atom stereocenters. The van der Waals surface area contributed by atoms with Crippen molar-refractivity contribution < 1.29 is 14.3 Å². The second-order valence-corrected chi connectivity index (χ2v) is 8.99. The molecule has 3 rings (SSSR count). The highest BCUT2D eigenvalue weighted by Crippen LogP contribution is 2.38. The zero-order valence-electron chi connectivity index (χ0n) is 17.8. The average Bonchev–Trinajstić information content (AvgIpc) is 3.36. The number of carbonyl (C=O) groups is 1. The van der Waals surface area contributed by atoms with Crippen molar-refractivity contribution in [3.63, 3.8) is 0 Å². The lowest BCUT2D eigenvalue weighted by Gasteiger charge is -2.31. The summed E-state index contributed by atoms with van der Waals surface area (Å²) >= 11 is 1.80. The summed E-state index contributed by atoms with van der Waals surface area (Å²) in [5.41, 5.74) is 1.23. The lowest BCUT2D eigenvalue weighted by atomic mass is 9.87. The lowest BCUT2D eigenvalue weighted by Crippen LogP contribution is -2.43. The Bertz CT molecular complexity index is 778. The Morgan fingerprint density at radius 3 is 2.66 bits per heavy atom. The summed E-state index contributed by atoms with van der Waals surface area (Å²) in [6, 6.07) is 12.7. The molecule has 6 heteroatoms. The first kappa shape index (κ1) is 21.8. The first-order valence-electron chi connectivity index (χ1n) is 10.2. The van der Waals surface area contributed by atoms with E-state index in [1.165, 1.54) is 10.4 Å². The fourth-order valence-electron chi connectivity index (χ4n) is 4.28. The Labute approximate surface area is 178 Å². The molecule has 1 amide bonds. The quantitative estimate of drug-likeness (QED) is 0.623. The van der Waals surface area contributed by atoms with Gasteiger partial charge in [-0.25, -0.2) is 0 Å². The molecule has 1 aliphatic rings. The molecular weight excluding hydrogens is 384 g/mol. The van der Waals surface area contributed by atoms with Crippen LogP contribution in [0.15, 0.2) is 41.8 Å². The number of hydrogen-bond donors (Lipinski definition) is 0. The Balaban J connectivity index is 1.84. The topological polar surface area (TPSA) is 42.0 Å². The fourth-order valence-corrected chi connectivity index (χ4v) is 5.03. The van der Waals surface area contributed by atoms with Gasteiger partial charge in [0, 0.05) is 50.1 Å². The lowest BCUT2D eigenvalue weighted by molar-refractivity contribution is -0.137. The van der Waals surface area contributed by atoms with Crippen LogP contribution in [0.25, 0.3) is 0 Å². The maximum atomic E-state index is 12.6. The van der Waals surface area contributed by atoms with Gasteiger partial charge in [0.2, 0.25) is 5.91 Å². The number of hydrogen-bond acceptors (Lipinski definition) is 5. The number of thiophene rings is 1. The molecule has 29 heavy (non-hydrogen) atoms. The van der Waals surface area contributed by atoms with E-state index in [4.69, 9.17) is 9.47 Å². The van der Waals surface area contributed by atoms with E-state index in [0.29, 0.717) is 11.8 Å². The minimum Gasteiger partial charge on any atom is -0.496 e. The van der Waals surface area contributed by atoms with Crippen LogP contribution in [0.5, 0.6) is 5.75 Å². The SMILES string of the molecule is COCC(=O)N(C[C@H]1CN(Cc2cccs2)C[C@@H]1c1ccccc1OC)C(C)C. The fraction of sp³-hybridized carbons (Fsp3) is 0.522. The Kier molecular flexibility index (Phi) is 7.70. The van der Waals surface area contributed by atoms with Crippen molar-refractivity contribution in [2.75, 3.05) is 40.5 Å². The van der Waals surface area contributed by atoms with Crippen LogP contribution in [0, 0.1) is 5.92 Å². The van der Waals surface area contributed by atoms with Crippen LogP contribution in [0.3, 0.4) is 0 Å². The van der Waals surface area contributed by atoms with Gasteiger partial charge in [0.1, 0.15) is 12.4 Å². The zero-order chi connectivity index (χ0) is 20.8. The van der Waals surface area contributed by atoms with Crippen molar-refractivity contribution >= 4 is 17.2 Å². The molecule has 1 aromatic heterocycles. The monoisotopic (exact) mass is 416 g/mol. The Hall–Kier alpha value is -1.89. The molecule has 1 fully saturated rings. The van der Waals surface area contributed by atoms with E-state index < -0.39 is 0 Å². The van der Waals surface area contributed by atoms with Crippen molar-refractivity contribution in [2.45, 2.75) is 32.4 Å². The minimum absolute atomic E-state index is 0.0537. The van der Waals surface area contributed by atoms with Gasteiger partial charge in [0.25, 0.3) is 0 Å². The third-order valence-electron chi connectivity index (χ3n) is 5.66. The number of para-hydroxylation sites is 1. The molecule has 158 valence electrons. The van der Waals surface area contributed by atoms with E-state index in [2.05, 4.69) is 48.4 Å². The van der Waals surface area contributed by atoms with Crippen molar-refractivity contribution in [1.82, 2.24) is 9.80 Å². The average molecular weight is 417 g/mol. The van der Waals surface area contributed by atoms with Gasteiger partial charge in [-0.1, -0.05) is 24.3 Å². The van der Waals surface area contributed by atoms with E-state index in [1.54, 1.807) is 25.6 Å². The molecule has 2 heterocycles. The van der Waals surface area contributed by atoms with Gasteiger partial charge in [-0.2, -0.15) is 0 Å². The molecule has 0 saturated carbocycles. The number of likely N-dealkylation sites (tertiary alicyclic amines) is 1. The molecule has 0 aliphatic carbocycles. The highest BCUT2D eigenvalue weighted by molar-refractivity contribution is 7.09. The molecule has 0 radical (unpaired) electrons. The molecule has 2 aromatic rings. The summed E-state index contributed by atoms with van der Waals surface area (Å²) < 4.78 is 10.8. The first-order valence-corrected chi connectivity index (χ1v) is 11.1. The molecule has 1 saturated heterocycles. The molecule has 5 nitrogen and oxygen atoms in total. The van der Waals surface area contributed by atoms with Gasteiger partial charge in [-0.15, -0.1) is 11.3 Å². The number of ether oxygens (including phenoxy) is 2. The number of carbonyl (C=O) groups excluding carboxylic acids is 1. The highest BCUT2D eigenvalue weighted by Gasteiger charge is 2.37. The second-order valence-electron chi connectivity index (χ2n) is 7.95. The number of amides is 1. The van der Waals surface area contributed by atoms with Gasteiger partial charge in [-0.05, 0) is 42.8 Å². The molecule has 0 N–H and O–H groups in total. The van der Waals surface area contributed by atoms with Crippen molar-refractivity contribution in [3.8, 4) is 5.75 Å². The van der Waals surface area contributed by atoms with Crippen LogP contribution in [-0.4, -0.2) is 62.2 Å². The summed E-state index contributed by atoms with van der Waals surface area (Å²) in [5, 5.41) is 2.13. The molecule has 1 aliphatic heterocycles. The van der Waals surface area contributed by atoms with Crippen LogP contribution in [-0.2, 0) is 16.1 Å². The van der Waals surface area contributed by atoms with Gasteiger partial charge in [0.05, 0.1) is 7.11 Å².